The van der Waals surface area contributed by atoms with Gasteiger partial charge in [-0.1, -0.05) is 6.92 Å². The van der Waals surface area contributed by atoms with E-state index in [4.69, 9.17) is 9.47 Å². The number of likely N-dealkylation sites (N-methyl/N-ethyl adjacent to an activating group) is 1. The zero-order valence-electron chi connectivity index (χ0n) is 16.1. The highest BCUT2D eigenvalue weighted by Gasteiger charge is 2.33. The summed E-state index contributed by atoms with van der Waals surface area (Å²) < 4.78 is 10.8. The van der Waals surface area contributed by atoms with Crippen LogP contribution in [-0.2, 0) is 14.3 Å². The van der Waals surface area contributed by atoms with E-state index in [0.717, 1.165) is 26.0 Å². The van der Waals surface area contributed by atoms with Crippen LogP contribution in [0.4, 0.5) is 4.79 Å². The average molecular weight is 355 g/mol. The van der Waals surface area contributed by atoms with Gasteiger partial charge in [0.25, 0.3) is 0 Å². The number of amides is 2. The highest BCUT2D eigenvalue weighted by Crippen LogP contribution is 2.27. The van der Waals surface area contributed by atoms with Gasteiger partial charge in [-0.05, 0) is 40.2 Å². The van der Waals surface area contributed by atoms with Crippen LogP contribution < -0.4 is 0 Å². The predicted molar refractivity (Wildman–Crippen MR) is 95.5 cm³/mol. The van der Waals surface area contributed by atoms with Gasteiger partial charge in [-0.2, -0.15) is 0 Å². The molecule has 0 aliphatic carbocycles. The topological polar surface area (TPSA) is 62.3 Å². The van der Waals surface area contributed by atoms with Crippen LogP contribution in [0.5, 0.6) is 0 Å². The lowest BCUT2D eigenvalue weighted by Crippen LogP contribution is -2.54. The van der Waals surface area contributed by atoms with E-state index >= 15 is 0 Å². The molecule has 0 radical (unpaired) electrons. The van der Waals surface area contributed by atoms with E-state index in [0.29, 0.717) is 45.4 Å². The van der Waals surface area contributed by atoms with Gasteiger partial charge in [0.15, 0.2) is 0 Å². The minimum atomic E-state index is -0.283. The second-order valence-electron chi connectivity index (χ2n) is 7.38. The highest BCUT2D eigenvalue weighted by molar-refractivity contribution is 5.78. The molecule has 0 N–H and O–H groups in total. The summed E-state index contributed by atoms with van der Waals surface area (Å²) in [5.41, 5.74) is -0.120. The maximum atomic E-state index is 12.7. The highest BCUT2D eigenvalue weighted by atomic mass is 16.6. The number of hydrogen-bond acceptors (Lipinski definition) is 5. The molecule has 7 nitrogen and oxygen atoms in total. The molecule has 2 aliphatic rings. The van der Waals surface area contributed by atoms with Crippen molar-refractivity contribution in [3.8, 4) is 0 Å². The summed E-state index contributed by atoms with van der Waals surface area (Å²) in [6, 6.07) is 0.388. The fourth-order valence-corrected chi connectivity index (χ4v) is 3.64. The zero-order chi connectivity index (χ0) is 18.4. The number of ether oxygens (including phenoxy) is 2. The lowest BCUT2D eigenvalue weighted by Gasteiger charge is -2.41. The molecule has 7 heteroatoms. The Morgan fingerprint density at radius 3 is 2.36 bits per heavy atom. The van der Waals surface area contributed by atoms with Crippen LogP contribution in [0.2, 0.25) is 0 Å². The first-order valence-electron chi connectivity index (χ1n) is 9.43. The van der Waals surface area contributed by atoms with E-state index < -0.39 is 0 Å². The lowest BCUT2D eigenvalue weighted by atomic mass is 9.93. The van der Waals surface area contributed by atoms with E-state index in [1.54, 1.807) is 11.8 Å². The van der Waals surface area contributed by atoms with Crippen molar-refractivity contribution >= 4 is 12.0 Å². The normalized spacial score (nSPS) is 23.6. The van der Waals surface area contributed by atoms with Gasteiger partial charge in [-0.15, -0.1) is 0 Å². The van der Waals surface area contributed by atoms with Crippen LogP contribution in [0, 0.1) is 0 Å². The maximum absolute atomic E-state index is 12.7. The Labute approximate surface area is 151 Å². The molecular weight excluding hydrogens is 322 g/mol. The average Bonchev–Trinajstić information content (AvgIpc) is 2.59. The lowest BCUT2D eigenvalue weighted by molar-refractivity contribution is -0.136. The third kappa shape index (κ3) is 5.57. The third-order valence-electron chi connectivity index (χ3n) is 5.09. The Balaban J connectivity index is 1.83. The first kappa shape index (κ1) is 20.0. The van der Waals surface area contributed by atoms with Gasteiger partial charge in [0.2, 0.25) is 5.91 Å². The number of nitrogens with zero attached hydrogens (tertiary/aromatic N) is 3. The molecule has 2 rings (SSSR count). The molecule has 2 fully saturated rings. The third-order valence-corrected chi connectivity index (χ3v) is 5.09. The molecule has 1 atom stereocenters. The Morgan fingerprint density at radius 2 is 1.80 bits per heavy atom. The number of carbonyl (C=O) groups excluding carboxylic acids is 2. The van der Waals surface area contributed by atoms with Crippen molar-refractivity contribution in [2.75, 3.05) is 52.5 Å². The van der Waals surface area contributed by atoms with E-state index in [1.807, 2.05) is 4.90 Å². The summed E-state index contributed by atoms with van der Waals surface area (Å²) in [6.45, 7) is 12.8. The molecular formula is C18H33N3O4. The molecule has 0 aromatic carbocycles. The zero-order valence-corrected chi connectivity index (χ0v) is 16.1. The molecule has 1 unspecified atom stereocenters. The minimum Gasteiger partial charge on any atom is -0.450 e. The van der Waals surface area contributed by atoms with Gasteiger partial charge in [0, 0.05) is 38.8 Å². The van der Waals surface area contributed by atoms with E-state index in [2.05, 4.69) is 25.7 Å². The molecule has 25 heavy (non-hydrogen) atoms. The Kier molecular flexibility index (Phi) is 7.07. The van der Waals surface area contributed by atoms with Gasteiger partial charge in [-0.25, -0.2) is 4.79 Å². The summed E-state index contributed by atoms with van der Waals surface area (Å²) in [5.74, 6) is 0.148. The second-order valence-corrected chi connectivity index (χ2v) is 7.38. The summed E-state index contributed by atoms with van der Waals surface area (Å²) in [6.07, 6.45) is 1.64. The fraction of sp³-hybridized carbons (Fsp3) is 0.889. The van der Waals surface area contributed by atoms with Crippen LogP contribution in [0.3, 0.4) is 0 Å². The van der Waals surface area contributed by atoms with Crippen LogP contribution in [0.1, 0.15) is 40.5 Å². The summed E-state index contributed by atoms with van der Waals surface area (Å²) in [7, 11) is 0. The predicted octanol–water partition coefficient (Wildman–Crippen LogP) is 1.57. The fourth-order valence-electron chi connectivity index (χ4n) is 3.64. The van der Waals surface area contributed by atoms with Crippen molar-refractivity contribution in [3.63, 3.8) is 0 Å². The molecule has 0 saturated carbocycles. The molecule has 144 valence electrons. The van der Waals surface area contributed by atoms with Crippen molar-refractivity contribution in [2.45, 2.75) is 52.2 Å². The molecule has 0 bridgehead atoms. The molecule has 0 aromatic heterocycles. The molecule has 0 spiro atoms. The van der Waals surface area contributed by atoms with Crippen LogP contribution in [0.25, 0.3) is 0 Å². The van der Waals surface area contributed by atoms with Gasteiger partial charge < -0.3 is 19.3 Å². The standard InChI is InChI=1S/C18H33N3O4/c1-5-19(15-7-12-25-18(3,4)13-15)14-16(22)20-8-10-21(11-9-20)17(23)24-6-2/h15H,5-14H2,1-4H3. The maximum Gasteiger partial charge on any atom is 0.409 e. The summed E-state index contributed by atoms with van der Waals surface area (Å²) in [4.78, 5) is 30.2. The number of carbonyl (C=O) groups is 2. The first-order valence-corrected chi connectivity index (χ1v) is 9.43. The summed E-state index contributed by atoms with van der Waals surface area (Å²) in [5, 5.41) is 0. The Morgan fingerprint density at radius 1 is 1.16 bits per heavy atom. The van der Waals surface area contributed by atoms with Crippen LogP contribution >= 0.6 is 0 Å². The van der Waals surface area contributed by atoms with Crippen LogP contribution in [0.15, 0.2) is 0 Å². The minimum absolute atomic E-state index is 0.120. The van der Waals surface area contributed by atoms with Crippen LogP contribution in [-0.4, -0.2) is 90.8 Å². The van der Waals surface area contributed by atoms with E-state index in [9.17, 15) is 9.59 Å². The first-order chi connectivity index (χ1) is 11.9. The van der Waals surface area contributed by atoms with Gasteiger partial charge in [-0.3, -0.25) is 9.69 Å². The van der Waals surface area contributed by atoms with Gasteiger partial charge in [0.1, 0.15) is 0 Å². The largest absolute Gasteiger partial charge is 0.450 e. The number of rotatable bonds is 5. The van der Waals surface area contributed by atoms with Gasteiger partial charge in [0.05, 0.1) is 18.8 Å². The summed E-state index contributed by atoms with van der Waals surface area (Å²) >= 11 is 0. The van der Waals surface area contributed by atoms with E-state index in [1.165, 1.54) is 0 Å². The molecule has 2 heterocycles. The molecule has 2 saturated heterocycles. The monoisotopic (exact) mass is 355 g/mol. The van der Waals surface area contributed by atoms with Crippen molar-refractivity contribution in [3.05, 3.63) is 0 Å². The Hall–Kier alpha value is -1.34. The smallest absolute Gasteiger partial charge is 0.409 e. The SMILES string of the molecule is CCOC(=O)N1CCN(C(=O)CN(CC)C2CCOC(C)(C)C2)CC1. The Bertz CT molecular complexity index is 461. The van der Waals surface area contributed by atoms with Crippen molar-refractivity contribution < 1.29 is 19.1 Å². The van der Waals surface area contributed by atoms with Gasteiger partial charge >= 0.3 is 6.09 Å². The second kappa shape index (κ2) is 8.85. The van der Waals surface area contributed by atoms with Crippen molar-refractivity contribution in [1.82, 2.24) is 14.7 Å². The number of hydrogen-bond donors (Lipinski definition) is 0. The van der Waals surface area contributed by atoms with Crippen molar-refractivity contribution in [1.29, 1.82) is 0 Å². The van der Waals surface area contributed by atoms with Crippen molar-refractivity contribution in [2.24, 2.45) is 0 Å². The molecule has 2 amide bonds. The van der Waals surface area contributed by atoms with E-state index in [-0.39, 0.29) is 17.6 Å². The molecule has 2 aliphatic heterocycles. The number of piperazine rings is 1. The quantitative estimate of drug-likeness (QED) is 0.749. The molecule has 0 aromatic rings.